The number of carboxylic acid groups (broad SMARTS) is 1. The molecule has 8 heteroatoms. The fourth-order valence-corrected chi connectivity index (χ4v) is 3.11. The van der Waals surface area contributed by atoms with Crippen LogP contribution >= 0.6 is 0 Å². The van der Waals surface area contributed by atoms with Crippen LogP contribution in [0.5, 0.6) is 5.75 Å². The van der Waals surface area contributed by atoms with Crippen molar-refractivity contribution in [1.82, 2.24) is 0 Å². The van der Waals surface area contributed by atoms with Crippen LogP contribution in [0.25, 0.3) is 0 Å². The Labute approximate surface area is 138 Å². The number of hydrogen-bond donors (Lipinski definition) is 1. The van der Waals surface area contributed by atoms with Gasteiger partial charge in [-0.3, -0.25) is 4.18 Å². The van der Waals surface area contributed by atoms with E-state index in [1.165, 1.54) is 18.2 Å². The largest absolute Gasteiger partial charge is 0.488 e. The van der Waals surface area contributed by atoms with Crippen molar-refractivity contribution in [2.75, 3.05) is 13.2 Å². The van der Waals surface area contributed by atoms with E-state index in [4.69, 9.17) is 14.0 Å². The molecule has 2 aromatic carbocycles. The van der Waals surface area contributed by atoms with Crippen molar-refractivity contribution in [2.45, 2.75) is 11.8 Å². The summed E-state index contributed by atoms with van der Waals surface area (Å²) in [4.78, 5) is 10.9. The van der Waals surface area contributed by atoms with E-state index in [1.807, 2.05) is 0 Å². The van der Waals surface area contributed by atoms with Gasteiger partial charge in [-0.05, 0) is 30.7 Å². The lowest BCUT2D eigenvalue weighted by atomic mass is 10.2. The first-order chi connectivity index (χ1) is 11.3. The summed E-state index contributed by atoms with van der Waals surface area (Å²) in [5.41, 5.74) is 0.0135. The predicted octanol–water partition coefficient (Wildman–Crippen LogP) is 2.62. The highest BCUT2D eigenvalue weighted by molar-refractivity contribution is 7.86. The Kier molecular flexibility index (Phi) is 5.53. The third-order valence-electron chi connectivity index (χ3n) is 3.14. The maximum atomic E-state index is 13.8. The van der Waals surface area contributed by atoms with Crippen molar-refractivity contribution in [1.29, 1.82) is 0 Å². The lowest BCUT2D eigenvalue weighted by molar-refractivity contribution is 0.0690. The van der Waals surface area contributed by atoms with Gasteiger partial charge in [0.1, 0.15) is 13.2 Å². The number of aryl methyl sites for hydroxylation is 1. The highest BCUT2D eigenvalue weighted by atomic mass is 32.2. The molecule has 0 radical (unpaired) electrons. The maximum absolute atomic E-state index is 13.8. The lowest BCUT2D eigenvalue weighted by Crippen LogP contribution is -2.14. The molecule has 0 atom stereocenters. The van der Waals surface area contributed by atoms with Crippen molar-refractivity contribution in [3.8, 4) is 5.75 Å². The second-order valence-corrected chi connectivity index (χ2v) is 6.40. The molecule has 0 saturated carbocycles. The monoisotopic (exact) mass is 354 g/mol. The van der Waals surface area contributed by atoms with E-state index in [0.717, 1.165) is 6.07 Å². The first kappa shape index (κ1) is 17.9. The van der Waals surface area contributed by atoms with E-state index < -0.39 is 27.5 Å². The van der Waals surface area contributed by atoms with Gasteiger partial charge in [0.25, 0.3) is 10.1 Å². The van der Waals surface area contributed by atoms with Crippen LogP contribution in [0.2, 0.25) is 0 Å². The van der Waals surface area contributed by atoms with Crippen molar-refractivity contribution >= 4 is 16.1 Å². The molecular weight excluding hydrogens is 339 g/mol. The third kappa shape index (κ3) is 4.09. The fraction of sp³-hybridized carbons (Fsp3) is 0.188. The number of carbonyl (C=O) groups is 1. The molecule has 24 heavy (non-hydrogen) atoms. The van der Waals surface area contributed by atoms with Gasteiger partial charge in [0.15, 0.2) is 11.6 Å². The molecule has 128 valence electrons. The zero-order valence-electron chi connectivity index (χ0n) is 12.7. The van der Waals surface area contributed by atoms with Crippen LogP contribution < -0.4 is 4.74 Å². The summed E-state index contributed by atoms with van der Waals surface area (Å²) in [6.45, 7) is 1.04. The molecular formula is C16H15FO6S. The first-order valence-electron chi connectivity index (χ1n) is 6.92. The van der Waals surface area contributed by atoms with Gasteiger partial charge in [-0.15, -0.1) is 0 Å². The van der Waals surface area contributed by atoms with Crippen molar-refractivity contribution < 1.29 is 31.6 Å². The Hall–Kier alpha value is -2.45. The standard InChI is InChI=1S/C16H15FO6S/c1-11-5-2-3-8-14(11)24(20,21)23-10-9-22-13-7-4-6-12(15(13)17)16(18)19/h2-8H,9-10H2,1H3,(H,18,19). The van der Waals surface area contributed by atoms with E-state index in [1.54, 1.807) is 25.1 Å². The Morgan fingerprint density at radius 3 is 2.50 bits per heavy atom. The summed E-state index contributed by atoms with van der Waals surface area (Å²) in [6, 6.07) is 10.0. The minimum absolute atomic E-state index is 0.0454. The molecule has 0 spiro atoms. The number of carboxylic acids is 1. The molecule has 6 nitrogen and oxygen atoms in total. The second kappa shape index (κ2) is 7.41. The highest BCUT2D eigenvalue weighted by Crippen LogP contribution is 2.21. The average molecular weight is 354 g/mol. The van der Waals surface area contributed by atoms with Gasteiger partial charge in [-0.1, -0.05) is 24.3 Å². The molecule has 0 unspecified atom stereocenters. The number of benzene rings is 2. The van der Waals surface area contributed by atoms with Gasteiger partial charge < -0.3 is 9.84 Å². The fourth-order valence-electron chi connectivity index (χ4n) is 1.98. The molecule has 0 bridgehead atoms. The molecule has 2 aromatic rings. The number of rotatable bonds is 7. The normalized spacial score (nSPS) is 11.2. The van der Waals surface area contributed by atoms with Crippen LogP contribution in [0.4, 0.5) is 4.39 Å². The first-order valence-corrected chi connectivity index (χ1v) is 8.33. The molecule has 0 aliphatic rings. The van der Waals surface area contributed by atoms with Crippen LogP contribution in [-0.4, -0.2) is 32.7 Å². The Balaban J connectivity index is 1.98. The summed E-state index contributed by atoms with van der Waals surface area (Å²) >= 11 is 0. The molecule has 0 fully saturated rings. The van der Waals surface area contributed by atoms with Crippen molar-refractivity contribution in [3.05, 3.63) is 59.4 Å². The number of ether oxygens (including phenoxy) is 1. The molecule has 0 aliphatic heterocycles. The molecule has 1 N–H and O–H groups in total. The molecule has 0 amide bonds. The summed E-state index contributed by atoms with van der Waals surface area (Å²) in [6.07, 6.45) is 0. The molecule has 0 heterocycles. The smallest absolute Gasteiger partial charge is 0.338 e. The van der Waals surface area contributed by atoms with Crippen LogP contribution in [-0.2, 0) is 14.3 Å². The van der Waals surface area contributed by atoms with Gasteiger partial charge in [0.2, 0.25) is 0 Å². The van der Waals surface area contributed by atoms with Gasteiger partial charge in [0.05, 0.1) is 10.5 Å². The van der Waals surface area contributed by atoms with Crippen molar-refractivity contribution in [3.63, 3.8) is 0 Å². The van der Waals surface area contributed by atoms with E-state index >= 15 is 0 Å². The summed E-state index contributed by atoms with van der Waals surface area (Å²) < 4.78 is 47.8. The van der Waals surface area contributed by atoms with E-state index in [0.29, 0.717) is 5.56 Å². The molecule has 0 aliphatic carbocycles. The quantitative estimate of drug-likeness (QED) is 0.607. The minimum atomic E-state index is -3.94. The van der Waals surface area contributed by atoms with Gasteiger partial charge in [-0.25, -0.2) is 9.18 Å². The summed E-state index contributed by atoms with van der Waals surface area (Å²) in [5.74, 6) is -2.73. The molecule has 2 rings (SSSR count). The number of hydrogen-bond acceptors (Lipinski definition) is 5. The Morgan fingerprint density at radius 1 is 1.12 bits per heavy atom. The lowest BCUT2D eigenvalue weighted by Gasteiger charge is -2.10. The Bertz CT molecular complexity index is 847. The second-order valence-electron chi connectivity index (χ2n) is 4.81. The predicted molar refractivity (Wildman–Crippen MR) is 83.2 cm³/mol. The maximum Gasteiger partial charge on any atom is 0.338 e. The van der Waals surface area contributed by atoms with E-state index in [2.05, 4.69) is 0 Å². The highest BCUT2D eigenvalue weighted by Gasteiger charge is 2.18. The van der Waals surface area contributed by atoms with Gasteiger partial charge in [0, 0.05) is 0 Å². The van der Waals surface area contributed by atoms with Crippen LogP contribution in [0, 0.1) is 12.7 Å². The topological polar surface area (TPSA) is 89.9 Å². The van der Waals surface area contributed by atoms with E-state index in [-0.39, 0.29) is 23.9 Å². The number of halogens is 1. The van der Waals surface area contributed by atoms with E-state index in [9.17, 15) is 17.6 Å². The minimum Gasteiger partial charge on any atom is -0.488 e. The van der Waals surface area contributed by atoms with Gasteiger partial charge in [-0.2, -0.15) is 8.42 Å². The van der Waals surface area contributed by atoms with Gasteiger partial charge >= 0.3 is 5.97 Å². The van der Waals surface area contributed by atoms with Crippen LogP contribution in [0.1, 0.15) is 15.9 Å². The Morgan fingerprint density at radius 2 is 1.83 bits per heavy atom. The SMILES string of the molecule is Cc1ccccc1S(=O)(=O)OCCOc1cccc(C(=O)O)c1F. The molecule has 0 aromatic heterocycles. The van der Waals surface area contributed by atoms with Crippen molar-refractivity contribution in [2.24, 2.45) is 0 Å². The number of aromatic carboxylic acids is 1. The van der Waals surface area contributed by atoms with Crippen LogP contribution in [0.15, 0.2) is 47.4 Å². The zero-order chi connectivity index (χ0) is 17.7. The summed E-state index contributed by atoms with van der Waals surface area (Å²) in [7, 11) is -3.94. The third-order valence-corrected chi connectivity index (χ3v) is 4.61. The van der Waals surface area contributed by atoms with Crippen LogP contribution in [0.3, 0.4) is 0 Å². The summed E-state index contributed by atoms with van der Waals surface area (Å²) in [5, 5.41) is 8.82. The zero-order valence-corrected chi connectivity index (χ0v) is 13.5. The molecule has 0 saturated heterocycles. The average Bonchev–Trinajstić information content (AvgIpc) is 2.53.